The summed E-state index contributed by atoms with van der Waals surface area (Å²) in [4.78, 5) is 14.1. The van der Waals surface area contributed by atoms with Gasteiger partial charge in [0, 0.05) is 91.0 Å². The third kappa shape index (κ3) is 6.17. The molecule has 2 aromatic carbocycles. The number of halogens is 1. The van der Waals surface area contributed by atoms with Crippen LogP contribution in [0.2, 0.25) is 0 Å². The van der Waals surface area contributed by atoms with Crippen LogP contribution in [0.25, 0.3) is 10.9 Å². The number of hydrogen-bond donors (Lipinski definition) is 1. The molecule has 4 heterocycles. The zero-order valence-corrected chi connectivity index (χ0v) is 26.4. The lowest BCUT2D eigenvalue weighted by molar-refractivity contribution is 0.0495. The van der Waals surface area contributed by atoms with Crippen molar-refractivity contribution in [3.63, 3.8) is 0 Å². The quantitative estimate of drug-likeness (QED) is 0.441. The van der Waals surface area contributed by atoms with Crippen molar-refractivity contribution in [1.82, 2.24) is 19.7 Å². The molecular weight excluding hydrogens is 590 g/mol. The van der Waals surface area contributed by atoms with Gasteiger partial charge in [0.25, 0.3) is 0 Å². The molecule has 0 amide bonds. The number of anilines is 1. The minimum absolute atomic E-state index is 0.0879. The van der Waals surface area contributed by atoms with Gasteiger partial charge in [-0.1, -0.05) is 0 Å². The van der Waals surface area contributed by atoms with E-state index in [9.17, 15) is 22.1 Å². The molecule has 1 unspecified atom stereocenters. The smallest absolute Gasteiger partial charge is 0.213 e. The number of nitrogens with zero attached hydrogens (tertiary/aromatic N) is 5. The summed E-state index contributed by atoms with van der Waals surface area (Å²) in [5.74, 6) is -1.37. The van der Waals surface area contributed by atoms with E-state index in [2.05, 4.69) is 31.6 Å². The Hall–Kier alpha value is -2.64. The van der Waals surface area contributed by atoms with Gasteiger partial charge < -0.3 is 19.8 Å². The molecule has 12 heteroatoms. The molecule has 3 aliphatic heterocycles. The molecule has 0 radical (unpaired) electrons. The Balaban J connectivity index is 1.26. The predicted molar refractivity (Wildman–Crippen MR) is 166 cm³/mol. The van der Waals surface area contributed by atoms with Gasteiger partial charge in [-0.05, 0) is 76.2 Å². The van der Waals surface area contributed by atoms with Gasteiger partial charge in [-0.3, -0.25) is 14.1 Å². The highest BCUT2D eigenvalue weighted by atomic mass is 32.2. The van der Waals surface area contributed by atoms with Crippen LogP contribution < -0.4 is 4.90 Å². The highest BCUT2D eigenvalue weighted by Crippen LogP contribution is 2.39. The number of fused-ring (bicyclic) bond motifs is 1. The zero-order chi connectivity index (χ0) is 30.3. The molecule has 0 saturated carbocycles. The number of likely N-dealkylation sites (N-methyl/N-ethyl adjacent to an activating group) is 1. The Bertz CT molecular complexity index is 1610. The maximum atomic E-state index is 14.9. The molecule has 3 fully saturated rings. The number of phenols is 1. The number of aromatic nitrogens is 1. The number of likely N-dealkylation sites (tertiary alicyclic amines) is 1. The van der Waals surface area contributed by atoms with Gasteiger partial charge in [-0.15, -0.1) is 0 Å². The largest absolute Gasteiger partial charge is 0.508 e. The second-order valence-electron chi connectivity index (χ2n) is 12.0. The number of hydrogen-bond acceptors (Lipinski definition) is 9. The average molecular weight is 630 g/mol. The lowest BCUT2D eigenvalue weighted by Crippen LogP contribution is -2.54. The van der Waals surface area contributed by atoms with Crippen molar-refractivity contribution in [1.29, 1.82) is 0 Å². The van der Waals surface area contributed by atoms with Crippen molar-refractivity contribution in [3.05, 3.63) is 48.4 Å². The summed E-state index contributed by atoms with van der Waals surface area (Å²) in [6.07, 6.45) is 7.01. The number of benzene rings is 2. The van der Waals surface area contributed by atoms with Crippen LogP contribution in [0.1, 0.15) is 25.7 Å². The van der Waals surface area contributed by atoms with Crippen LogP contribution in [0, 0.1) is 5.82 Å². The summed E-state index contributed by atoms with van der Waals surface area (Å²) in [6.45, 7) is 7.99. The van der Waals surface area contributed by atoms with Gasteiger partial charge in [-0.2, -0.15) is 0 Å². The maximum Gasteiger partial charge on any atom is 0.213 e. The van der Waals surface area contributed by atoms with Crippen LogP contribution in [0.3, 0.4) is 0 Å². The molecule has 3 aliphatic rings. The van der Waals surface area contributed by atoms with Gasteiger partial charge in [0.2, 0.25) is 9.84 Å². The van der Waals surface area contributed by atoms with Gasteiger partial charge in [0.15, 0.2) is 0 Å². The highest BCUT2D eigenvalue weighted by molar-refractivity contribution is 7.91. The number of pyridine rings is 1. The Labute approximate surface area is 255 Å². The molecule has 1 aromatic heterocycles. The van der Waals surface area contributed by atoms with E-state index in [1.807, 2.05) is 0 Å². The first-order valence-electron chi connectivity index (χ1n) is 15.0. The third-order valence-corrected chi connectivity index (χ3v) is 12.2. The summed E-state index contributed by atoms with van der Waals surface area (Å²) in [5, 5.41) is 10.3. The van der Waals surface area contributed by atoms with E-state index in [0.29, 0.717) is 46.7 Å². The summed E-state index contributed by atoms with van der Waals surface area (Å²) >= 11 is 0. The Morgan fingerprint density at radius 2 is 1.49 bits per heavy atom. The van der Waals surface area contributed by atoms with E-state index in [4.69, 9.17) is 0 Å². The summed E-state index contributed by atoms with van der Waals surface area (Å²) < 4.78 is 55.1. The number of piperazine rings is 1. The summed E-state index contributed by atoms with van der Waals surface area (Å²) in [6, 6.07) is 9.37. The molecule has 43 heavy (non-hydrogen) atoms. The van der Waals surface area contributed by atoms with E-state index in [-0.39, 0.29) is 10.6 Å². The van der Waals surface area contributed by atoms with Gasteiger partial charge in [0.05, 0.1) is 11.2 Å². The summed E-state index contributed by atoms with van der Waals surface area (Å²) in [5.41, 5.74) is 1.06. The number of phenolic OH excluding ortho intramolecular Hbond substituents is 1. The lowest BCUT2D eigenvalue weighted by atomic mass is 9.96. The number of rotatable bonds is 6. The second kappa shape index (κ2) is 12.4. The molecule has 0 spiro atoms. The molecule has 0 bridgehead atoms. The van der Waals surface area contributed by atoms with E-state index >= 15 is 0 Å². The summed E-state index contributed by atoms with van der Waals surface area (Å²) in [7, 11) is -3.42. The molecule has 0 aliphatic carbocycles. The first kappa shape index (κ1) is 30.4. The van der Waals surface area contributed by atoms with E-state index in [0.717, 1.165) is 64.2 Å². The standard InChI is InChI=1S/C31H40FN5O4S2/c1-34-15-17-36(18-16-34)23-7-11-35(12-8-23)22-9-13-37(14-10-22)31-26-20-25(42(2)39)4-5-28(26)33-21-30(31)43(40,41)29-6-3-24(38)19-27(29)32/h3-6,19-23,38H,7-18H2,1-2H3. The first-order chi connectivity index (χ1) is 20.6. The zero-order valence-electron chi connectivity index (χ0n) is 24.8. The van der Waals surface area contributed by atoms with Gasteiger partial charge in [-0.25, -0.2) is 12.8 Å². The molecule has 9 nitrogen and oxygen atoms in total. The lowest BCUT2D eigenvalue weighted by Gasteiger charge is -2.46. The molecule has 1 N–H and O–H groups in total. The molecule has 3 aromatic rings. The fraction of sp³-hybridized carbons (Fsp3) is 0.516. The molecule has 6 rings (SSSR count). The average Bonchev–Trinajstić information content (AvgIpc) is 3.00. The Morgan fingerprint density at radius 1 is 0.860 bits per heavy atom. The van der Waals surface area contributed by atoms with Crippen molar-refractivity contribution >= 4 is 37.2 Å². The highest BCUT2D eigenvalue weighted by Gasteiger charge is 2.34. The van der Waals surface area contributed by atoms with Crippen LogP contribution in [-0.2, 0) is 20.6 Å². The number of piperidine rings is 2. The van der Waals surface area contributed by atoms with Crippen LogP contribution in [0.4, 0.5) is 10.1 Å². The van der Waals surface area contributed by atoms with E-state index < -0.39 is 31.3 Å². The predicted octanol–water partition coefficient (Wildman–Crippen LogP) is 3.33. The van der Waals surface area contributed by atoms with Crippen LogP contribution in [0.5, 0.6) is 5.75 Å². The van der Waals surface area contributed by atoms with Crippen LogP contribution >= 0.6 is 0 Å². The first-order valence-corrected chi connectivity index (χ1v) is 18.1. The minimum Gasteiger partial charge on any atom is -0.508 e. The van der Waals surface area contributed by atoms with Crippen molar-refractivity contribution in [2.45, 2.75) is 52.5 Å². The molecular formula is C31H40FN5O4S2. The second-order valence-corrected chi connectivity index (χ2v) is 15.3. The monoisotopic (exact) mass is 629 g/mol. The van der Waals surface area contributed by atoms with E-state index in [1.165, 1.54) is 25.1 Å². The minimum atomic E-state index is -4.33. The van der Waals surface area contributed by atoms with Crippen molar-refractivity contribution in [2.24, 2.45) is 0 Å². The number of sulfone groups is 1. The van der Waals surface area contributed by atoms with Crippen molar-refractivity contribution in [3.8, 4) is 5.75 Å². The van der Waals surface area contributed by atoms with E-state index in [1.54, 1.807) is 24.5 Å². The number of aromatic hydroxyl groups is 1. The molecule has 3 saturated heterocycles. The van der Waals surface area contributed by atoms with Gasteiger partial charge >= 0.3 is 0 Å². The van der Waals surface area contributed by atoms with Crippen molar-refractivity contribution < 1.29 is 22.1 Å². The fourth-order valence-corrected chi connectivity index (χ4v) is 8.95. The molecule has 1 atom stereocenters. The van der Waals surface area contributed by atoms with Crippen molar-refractivity contribution in [2.75, 3.05) is 70.6 Å². The fourth-order valence-electron chi connectivity index (χ4n) is 6.93. The van der Waals surface area contributed by atoms with Gasteiger partial charge in [0.1, 0.15) is 21.4 Å². The Kier molecular flexibility index (Phi) is 8.76. The van der Waals surface area contributed by atoms with Crippen LogP contribution in [-0.4, -0.2) is 115 Å². The maximum absolute atomic E-state index is 14.9. The SMILES string of the molecule is CN1CCN(C2CCN(C3CCN(c4c(S(=O)(=O)c5ccc(O)cc5F)cnc5ccc(S(C)=O)cc45)CC3)CC2)CC1. The Morgan fingerprint density at radius 3 is 2.12 bits per heavy atom. The third-order valence-electron chi connectivity index (χ3n) is 9.45. The van der Waals surface area contributed by atoms with Crippen LogP contribution in [0.15, 0.2) is 57.3 Å². The molecule has 232 valence electrons. The topological polar surface area (TPSA) is 97.3 Å². The normalized spacial score (nSPS) is 21.4.